The quantitative estimate of drug-likeness (QED) is 0.368. The predicted molar refractivity (Wildman–Crippen MR) is 122 cm³/mol. The van der Waals surface area contributed by atoms with Crippen molar-refractivity contribution in [2.24, 2.45) is 5.14 Å². The van der Waals surface area contributed by atoms with Crippen molar-refractivity contribution in [1.82, 2.24) is 15.0 Å². The molecule has 0 aliphatic carbocycles. The van der Waals surface area contributed by atoms with Gasteiger partial charge in [-0.05, 0) is 61.0 Å². The molecule has 0 aliphatic rings. The van der Waals surface area contributed by atoms with Crippen molar-refractivity contribution in [3.63, 3.8) is 0 Å². The summed E-state index contributed by atoms with van der Waals surface area (Å²) in [5, 5.41) is 11.0. The van der Waals surface area contributed by atoms with Gasteiger partial charge in [0.2, 0.25) is 16.0 Å². The molecular weight excluding hydrogens is 447 g/mol. The number of aryl methyl sites for hydroxylation is 1. The first-order valence-electron chi connectivity index (χ1n) is 9.66. The lowest BCUT2D eigenvalue weighted by atomic mass is 10.2. The summed E-state index contributed by atoms with van der Waals surface area (Å²) in [5.41, 5.74) is 1.47. The van der Waals surface area contributed by atoms with Gasteiger partial charge in [-0.15, -0.1) is 0 Å². The maximum Gasteiger partial charge on any atom is 0.238 e. The Morgan fingerprint density at radius 2 is 1.61 bits per heavy atom. The zero-order valence-corrected chi connectivity index (χ0v) is 18.2. The highest BCUT2D eigenvalue weighted by Crippen LogP contribution is 2.26. The lowest BCUT2D eigenvalue weighted by Crippen LogP contribution is -2.14. The minimum Gasteiger partial charge on any atom is -0.457 e. The molecule has 11 heteroatoms. The number of nitrogens with zero attached hydrogens (tertiary/aromatic N) is 3. The number of benzene rings is 2. The number of anilines is 4. The molecule has 0 spiro atoms. The fourth-order valence-electron chi connectivity index (χ4n) is 2.91. The molecule has 0 atom stereocenters. The maximum absolute atomic E-state index is 14.3. The highest BCUT2D eigenvalue weighted by molar-refractivity contribution is 7.89. The normalized spacial score (nSPS) is 11.1. The first kappa shape index (κ1) is 22.1. The number of hydrogen-bond acceptors (Lipinski definition) is 8. The third kappa shape index (κ3) is 5.59. The van der Waals surface area contributed by atoms with E-state index in [0.29, 0.717) is 28.4 Å². The number of ether oxygens (including phenoxy) is 1. The molecule has 2 aromatic heterocycles. The van der Waals surface area contributed by atoms with E-state index in [0.717, 1.165) is 6.20 Å². The van der Waals surface area contributed by atoms with Gasteiger partial charge >= 0.3 is 0 Å². The average molecular weight is 466 g/mol. The van der Waals surface area contributed by atoms with Gasteiger partial charge in [-0.25, -0.2) is 22.9 Å². The summed E-state index contributed by atoms with van der Waals surface area (Å²) >= 11 is 0. The zero-order valence-electron chi connectivity index (χ0n) is 17.4. The van der Waals surface area contributed by atoms with Crippen molar-refractivity contribution in [3.05, 3.63) is 84.6 Å². The number of halogens is 1. The molecule has 4 aromatic rings. The molecule has 4 rings (SSSR count). The second-order valence-electron chi connectivity index (χ2n) is 6.97. The van der Waals surface area contributed by atoms with Crippen LogP contribution >= 0.6 is 0 Å². The summed E-state index contributed by atoms with van der Waals surface area (Å²) < 4.78 is 43.5. The molecule has 33 heavy (non-hydrogen) atoms. The number of nitrogens with one attached hydrogen (secondary N) is 2. The summed E-state index contributed by atoms with van der Waals surface area (Å²) in [5.74, 6) is 0.592. The van der Waals surface area contributed by atoms with Crippen molar-refractivity contribution in [2.75, 3.05) is 10.6 Å². The lowest BCUT2D eigenvalue weighted by molar-refractivity contribution is 0.482. The number of rotatable bonds is 7. The Hall–Kier alpha value is -4.09. The van der Waals surface area contributed by atoms with E-state index in [2.05, 4.69) is 25.6 Å². The van der Waals surface area contributed by atoms with Crippen LogP contribution in [0.5, 0.6) is 11.5 Å². The molecule has 0 saturated carbocycles. The van der Waals surface area contributed by atoms with E-state index in [9.17, 15) is 12.8 Å². The van der Waals surface area contributed by atoms with Gasteiger partial charge in [0.1, 0.15) is 11.5 Å². The molecule has 4 N–H and O–H groups in total. The monoisotopic (exact) mass is 466 g/mol. The van der Waals surface area contributed by atoms with Gasteiger partial charge in [0.25, 0.3) is 0 Å². The van der Waals surface area contributed by atoms with Crippen LogP contribution in [-0.4, -0.2) is 23.4 Å². The second-order valence-corrected chi connectivity index (χ2v) is 8.50. The van der Waals surface area contributed by atoms with Crippen LogP contribution < -0.4 is 20.5 Å². The van der Waals surface area contributed by atoms with E-state index in [-0.39, 0.29) is 16.7 Å². The van der Waals surface area contributed by atoms with Gasteiger partial charge in [-0.1, -0.05) is 6.07 Å². The van der Waals surface area contributed by atoms with Crippen molar-refractivity contribution in [2.45, 2.75) is 11.8 Å². The maximum atomic E-state index is 14.3. The first-order valence-corrected chi connectivity index (χ1v) is 11.2. The Morgan fingerprint density at radius 1 is 0.939 bits per heavy atom. The van der Waals surface area contributed by atoms with Crippen molar-refractivity contribution in [1.29, 1.82) is 0 Å². The molecule has 0 fully saturated rings. The minimum absolute atomic E-state index is 0.0259. The topological polar surface area (TPSA) is 132 Å². The lowest BCUT2D eigenvalue weighted by Gasteiger charge is -2.11. The third-order valence-corrected chi connectivity index (χ3v) is 5.55. The van der Waals surface area contributed by atoms with E-state index in [1.165, 1.54) is 6.07 Å². The number of hydrogen-bond donors (Lipinski definition) is 3. The third-order valence-electron chi connectivity index (χ3n) is 4.50. The Bertz CT molecular complexity index is 1380. The molecule has 9 nitrogen and oxygen atoms in total. The summed E-state index contributed by atoms with van der Waals surface area (Å²) in [6, 6.07) is 14.9. The minimum atomic E-state index is -3.89. The molecule has 0 saturated heterocycles. The first-order chi connectivity index (χ1) is 15.8. The van der Waals surface area contributed by atoms with Crippen LogP contribution in [0.4, 0.5) is 27.5 Å². The molecule has 0 bridgehead atoms. The molecule has 0 aliphatic heterocycles. The fraction of sp³-hybridized carbons (Fsp3) is 0.0455. The van der Waals surface area contributed by atoms with E-state index in [1.54, 1.807) is 67.8 Å². The molecule has 168 valence electrons. The van der Waals surface area contributed by atoms with Crippen LogP contribution in [0.2, 0.25) is 0 Å². The summed E-state index contributed by atoms with van der Waals surface area (Å²) in [7, 11) is -3.89. The average Bonchev–Trinajstić information content (AvgIpc) is 2.78. The van der Waals surface area contributed by atoms with E-state index >= 15 is 0 Å². The van der Waals surface area contributed by atoms with Gasteiger partial charge in [-0.3, -0.25) is 4.98 Å². The number of primary sulfonamides is 1. The van der Waals surface area contributed by atoms with Gasteiger partial charge in [0, 0.05) is 23.8 Å². The van der Waals surface area contributed by atoms with Crippen LogP contribution in [0.25, 0.3) is 0 Å². The van der Waals surface area contributed by atoms with E-state index < -0.39 is 15.8 Å². The van der Waals surface area contributed by atoms with Crippen LogP contribution in [0.15, 0.2) is 78.1 Å². The molecule has 0 radical (unpaired) electrons. The second kappa shape index (κ2) is 9.18. The Morgan fingerprint density at radius 3 is 2.30 bits per heavy atom. The van der Waals surface area contributed by atoms with Crippen molar-refractivity contribution < 1.29 is 17.5 Å². The SMILES string of the molecule is Cc1ccc(Nc2ncc(F)c(Nc3ccc(Oc4ccncc4)cc3)n2)cc1S(N)(=O)=O. The predicted octanol–water partition coefficient (Wildman–Crippen LogP) is 4.25. The summed E-state index contributed by atoms with van der Waals surface area (Å²) in [4.78, 5) is 12.0. The summed E-state index contributed by atoms with van der Waals surface area (Å²) in [6.07, 6.45) is 4.26. The van der Waals surface area contributed by atoms with Crippen LogP contribution in [0, 0.1) is 12.7 Å². The van der Waals surface area contributed by atoms with E-state index in [1.807, 2.05) is 0 Å². The largest absolute Gasteiger partial charge is 0.457 e. The van der Waals surface area contributed by atoms with Crippen LogP contribution in [-0.2, 0) is 10.0 Å². The fourth-order valence-corrected chi connectivity index (χ4v) is 3.72. The van der Waals surface area contributed by atoms with Gasteiger partial charge in [0.15, 0.2) is 11.6 Å². The van der Waals surface area contributed by atoms with Crippen molar-refractivity contribution in [3.8, 4) is 11.5 Å². The van der Waals surface area contributed by atoms with Gasteiger partial charge < -0.3 is 15.4 Å². The molecule has 2 heterocycles. The standard InChI is InChI=1S/C22H19FN6O3S/c1-14-2-3-16(12-20(14)33(24,30)31)28-22-26-13-19(23)21(29-22)27-15-4-6-17(7-5-15)32-18-8-10-25-11-9-18/h2-13H,1H3,(H2,24,30,31)(H2,26,27,28,29). The Kier molecular flexibility index (Phi) is 6.16. The van der Waals surface area contributed by atoms with E-state index in [4.69, 9.17) is 9.88 Å². The van der Waals surface area contributed by atoms with Crippen LogP contribution in [0.3, 0.4) is 0 Å². The molecule has 2 aromatic carbocycles. The number of aromatic nitrogens is 3. The van der Waals surface area contributed by atoms with Crippen molar-refractivity contribution >= 4 is 33.2 Å². The molecular formula is C22H19FN6O3S. The smallest absolute Gasteiger partial charge is 0.238 e. The Labute approximate surface area is 189 Å². The number of pyridine rings is 1. The summed E-state index contributed by atoms with van der Waals surface area (Å²) in [6.45, 7) is 1.63. The van der Waals surface area contributed by atoms with Gasteiger partial charge in [0.05, 0.1) is 11.1 Å². The Balaban J connectivity index is 1.50. The van der Waals surface area contributed by atoms with Gasteiger partial charge in [-0.2, -0.15) is 4.98 Å². The zero-order chi connectivity index (χ0) is 23.4. The number of nitrogens with two attached hydrogens (primary N) is 1. The molecule has 0 amide bonds. The van der Waals surface area contributed by atoms with Crippen LogP contribution in [0.1, 0.15) is 5.56 Å². The highest BCUT2D eigenvalue weighted by atomic mass is 32.2. The highest BCUT2D eigenvalue weighted by Gasteiger charge is 2.13. The molecule has 0 unspecified atom stereocenters. The number of sulfonamides is 1.